The number of hydrogen-bond acceptors (Lipinski definition) is 3. The van der Waals surface area contributed by atoms with Gasteiger partial charge in [-0.25, -0.2) is 0 Å². The Hall–Kier alpha value is -0.480. The second kappa shape index (κ2) is 7.19. The Morgan fingerprint density at radius 1 is 1.50 bits per heavy atom. The maximum absolute atomic E-state index is 11.8. The van der Waals surface area contributed by atoms with Gasteiger partial charge in [-0.1, -0.05) is 19.4 Å². The molecule has 1 rings (SSSR count). The average molecular weight is 271 g/mol. The van der Waals surface area contributed by atoms with E-state index in [0.717, 1.165) is 24.3 Å². The zero-order valence-corrected chi connectivity index (χ0v) is 12.5. The van der Waals surface area contributed by atoms with Gasteiger partial charge in [0, 0.05) is 12.6 Å². The summed E-state index contributed by atoms with van der Waals surface area (Å²) in [7, 11) is 0. The smallest absolute Gasteiger partial charge is 0.243 e. The molecule has 2 N–H and O–H groups in total. The summed E-state index contributed by atoms with van der Waals surface area (Å²) in [6, 6.07) is 0. The van der Waals surface area contributed by atoms with Gasteiger partial charge in [0.15, 0.2) is 0 Å². The van der Waals surface area contributed by atoms with Crippen molar-refractivity contribution in [2.75, 3.05) is 18.1 Å². The van der Waals surface area contributed by atoms with Crippen molar-refractivity contribution < 1.29 is 9.90 Å². The monoisotopic (exact) mass is 271 g/mol. The number of aliphatic hydroxyl groups excluding tert-OH is 1. The summed E-state index contributed by atoms with van der Waals surface area (Å²) in [6.45, 7) is 6.51. The molecule has 0 saturated carbocycles. The molecule has 104 valence electrons. The lowest BCUT2D eigenvalue weighted by Gasteiger charge is -2.26. The van der Waals surface area contributed by atoms with Crippen molar-refractivity contribution in [3.63, 3.8) is 0 Å². The number of allylic oxidation sites excluding steroid dienone is 1. The molecule has 0 radical (unpaired) electrons. The van der Waals surface area contributed by atoms with Crippen LogP contribution in [-0.4, -0.2) is 35.2 Å². The number of thioether (sulfide) groups is 1. The van der Waals surface area contributed by atoms with Gasteiger partial charge in [-0.3, -0.25) is 4.79 Å². The van der Waals surface area contributed by atoms with Crippen molar-refractivity contribution >= 4 is 17.7 Å². The predicted molar refractivity (Wildman–Crippen MR) is 77.7 cm³/mol. The number of nitrogens with one attached hydrogen (secondary N) is 1. The fourth-order valence-corrected chi connectivity index (χ4v) is 3.23. The topological polar surface area (TPSA) is 49.3 Å². The molecule has 0 bridgehead atoms. The van der Waals surface area contributed by atoms with Crippen LogP contribution in [0.5, 0.6) is 0 Å². The first-order chi connectivity index (χ1) is 8.39. The van der Waals surface area contributed by atoms with Crippen molar-refractivity contribution in [3.8, 4) is 0 Å². The first-order valence-corrected chi connectivity index (χ1v) is 7.78. The molecule has 1 aliphatic rings. The van der Waals surface area contributed by atoms with Crippen LogP contribution in [0.25, 0.3) is 0 Å². The molecule has 1 aliphatic heterocycles. The summed E-state index contributed by atoms with van der Waals surface area (Å²) < 4.78 is 0. The molecule has 0 aromatic heterocycles. The van der Waals surface area contributed by atoms with E-state index in [9.17, 15) is 9.90 Å². The largest absolute Gasteiger partial charge is 0.393 e. The number of hydrogen-bond donors (Lipinski definition) is 2. The molecule has 3 nitrogen and oxygen atoms in total. The normalized spacial score (nSPS) is 18.3. The molecule has 1 saturated heterocycles. The Labute approximate surface area is 114 Å². The fraction of sp³-hybridized carbons (Fsp3) is 0.786. The summed E-state index contributed by atoms with van der Waals surface area (Å²) in [5.41, 5.74) is 1.20. The van der Waals surface area contributed by atoms with Gasteiger partial charge in [-0.2, -0.15) is 11.8 Å². The van der Waals surface area contributed by atoms with Crippen LogP contribution in [0.4, 0.5) is 0 Å². The van der Waals surface area contributed by atoms with Gasteiger partial charge in [0.05, 0.1) is 6.10 Å². The molecule has 4 heteroatoms. The van der Waals surface area contributed by atoms with Crippen molar-refractivity contribution in [3.05, 3.63) is 11.6 Å². The summed E-state index contributed by atoms with van der Waals surface area (Å²) in [6.07, 6.45) is 4.20. The first kappa shape index (κ1) is 15.6. The Balaban J connectivity index is 2.36. The van der Waals surface area contributed by atoms with Crippen LogP contribution in [0.1, 0.15) is 40.0 Å². The maximum Gasteiger partial charge on any atom is 0.243 e. The van der Waals surface area contributed by atoms with Gasteiger partial charge >= 0.3 is 0 Å². The minimum atomic E-state index is -0.328. The highest BCUT2D eigenvalue weighted by atomic mass is 32.2. The molecule has 1 heterocycles. The zero-order chi connectivity index (χ0) is 13.6. The molecule has 1 unspecified atom stereocenters. The molecule has 1 fully saturated rings. The minimum absolute atomic E-state index is 0.00979. The van der Waals surface area contributed by atoms with Crippen molar-refractivity contribution in [2.24, 2.45) is 5.41 Å². The lowest BCUT2D eigenvalue weighted by atomic mass is 9.87. The van der Waals surface area contributed by atoms with Gasteiger partial charge < -0.3 is 10.4 Å². The number of aliphatic hydroxyl groups is 1. The lowest BCUT2D eigenvalue weighted by molar-refractivity contribution is -0.117. The highest BCUT2D eigenvalue weighted by Gasteiger charge is 2.20. The average Bonchev–Trinajstić information content (AvgIpc) is 2.26. The van der Waals surface area contributed by atoms with Crippen LogP contribution in [0.15, 0.2) is 11.6 Å². The fourth-order valence-electron chi connectivity index (χ4n) is 2.21. The van der Waals surface area contributed by atoms with E-state index in [-0.39, 0.29) is 17.4 Å². The molecule has 1 atom stereocenters. The molecule has 1 amide bonds. The maximum atomic E-state index is 11.8. The highest BCUT2D eigenvalue weighted by molar-refractivity contribution is 7.99. The Kier molecular flexibility index (Phi) is 6.22. The highest BCUT2D eigenvalue weighted by Crippen LogP contribution is 2.22. The summed E-state index contributed by atoms with van der Waals surface area (Å²) in [5.74, 6) is 2.27. The second-order valence-electron chi connectivity index (χ2n) is 5.85. The first-order valence-electron chi connectivity index (χ1n) is 6.62. The quantitative estimate of drug-likeness (QED) is 0.755. The minimum Gasteiger partial charge on any atom is -0.393 e. The zero-order valence-electron chi connectivity index (χ0n) is 11.7. The molecule has 0 spiro atoms. The van der Waals surface area contributed by atoms with Crippen LogP contribution in [0.3, 0.4) is 0 Å². The van der Waals surface area contributed by atoms with Crippen molar-refractivity contribution in [2.45, 2.75) is 46.1 Å². The van der Waals surface area contributed by atoms with Crippen LogP contribution < -0.4 is 5.32 Å². The van der Waals surface area contributed by atoms with E-state index in [2.05, 4.69) is 19.2 Å². The molecule has 0 aliphatic carbocycles. The van der Waals surface area contributed by atoms with Crippen LogP contribution in [0, 0.1) is 5.41 Å². The van der Waals surface area contributed by atoms with E-state index in [1.165, 1.54) is 5.57 Å². The molecule has 0 aromatic carbocycles. The summed E-state index contributed by atoms with van der Waals surface area (Å²) in [4.78, 5) is 11.8. The van der Waals surface area contributed by atoms with E-state index in [0.29, 0.717) is 13.0 Å². The molecular formula is C14H25NO2S. The van der Waals surface area contributed by atoms with E-state index < -0.39 is 0 Å². The summed E-state index contributed by atoms with van der Waals surface area (Å²) in [5, 5.41) is 12.3. The molecular weight excluding hydrogens is 246 g/mol. The van der Waals surface area contributed by atoms with E-state index in [1.54, 1.807) is 13.0 Å². The van der Waals surface area contributed by atoms with E-state index in [1.807, 2.05) is 11.8 Å². The Morgan fingerprint density at radius 3 is 2.67 bits per heavy atom. The van der Waals surface area contributed by atoms with Crippen LogP contribution in [0.2, 0.25) is 0 Å². The Bertz CT molecular complexity index is 303. The third kappa shape index (κ3) is 6.45. The Morgan fingerprint density at radius 2 is 2.11 bits per heavy atom. The third-order valence-corrected chi connectivity index (χ3v) is 4.05. The second-order valence-corrected chi connectivity index (χ2v) is 7.07. The molecule has 0 aromatic rings. The van der Waals surface area contributed by atoms with Crippen molar-refractivity contribution in [1.82, 2.24) is 5.32 Å². The number of carbonyl (C=O) groups excluding carboxylic acids is 1. The van der Waals surface area contributed by atoms with Crippen molar-refractivity contribution in [1.29, 1.82) is 0 Å². The van der Waals surface area contributed by atoms with Gasteiger partial charge in [-0.05, 0) is 43.1 Å². The van der Waals surface area contributed by atoms with Gasteiger partial charge in [0.25, 0.3) is 0 Å². The summed E-state index contributed by atoms with van der Waals surface area (Å²) >= 11 is 1.95. The lowest BCUT2D eigenvalue weighted by Crippen LogP contribution is -2.35. The third-order valence-electron chi connectivity index (χ3n) is 3.06. The number of rotatable bonds is 5. The van der Waals surface area contributed by atoms with Gasteiger partial charge in [0.1, 0.15) is 0 Å². The molecule has 18 heavy (non-hydrogen) atoms. The SMILES string of the molecule is CC(O)CC(C)(C)CNC(=O)C=C1CCSCC1. The predicted octanol–water partition coefficient (Wildman–Crippen LogP) is 2.35. The van der Waals surface area contributed by atoms with Crippen LogP contribution >= 0.6 is 11.8 Å². The van der Waals surface area contributed by atoms with Gasteiger partial charge in [-0.15, -0.1) is 0 Å². The number of carbonyl (C=O) groups is 1. The van der Waals surface area contributed by atoms with E-state index >= 15 is 0 Å². The van der Waals surface area contributed by atoms with Gasteiger partial charge in [0.2, 0.25) is 5.91 Å². The number of amides is 1. The standard InChI is InChI=1S/C14H25NO2S/c1-11(16)9-14(2,3)10-15-13(17)8-12-4-6-18-7-5-12/h8,11,16H,4-7,9-10H2,1-3H3,(H,15,17). The van der Waals surface area contributed by atoms with E-state index in [4.69, 9.17) is 0 Å². The van der Waals surface area contributed by atoms with Crippen LogP contribution in [-0.2, 0) is 4.79 Å².